The molecule has 2 aliphatic rings. The molecule has 3 atom stereocenters. The van der Waals surface area contributed by atoms with Gasteiger partial charge in [-0.15, -0.1) is 0 Å². The third-order valence-electron chi connectivity index (χ3n) is 6.25. The largest absolute Gasteiger partial charge is 0.394 e. The zero-order chi connectivity index (χ0) is 24.4. The molecule has 3 amide bonds. The third kappa shape index (κ3) is 4.75. The number of piperazine rings is 1. The van der Waals surface area contributed by atoms with E-state index in [9.17, 15) is 23.5 Å². The van der Waals surface area contributed by atoms with E-state index in [0.717, 1.165) is 35.7 Å². The number of nitrogens with zero attached hydrogens (tertiary/aromatic N) is 2. The van der Waals surface area contributed by atoms with Crippen LogP contribution in [0.3, 0.4) is 0 Å². The van der Waals surface area contributed by atoms with Crippen molar-refractivity contribution >= 4 is 17.6 Å². The molecule has 2 aliphatic heterocycles. The molecule has 2 N–H and O–H groups in total. The molecule has 178 valence electrons. The summed E-state index contributed by atoms with van der Waals surface area (Å²) in [7, 11) is 0. The lowest BCUT2D eigenvalue weighted by atomic mass is 9.73. The highest BCUT2D eigenvalue weighted by Crippen LogP contribution is 2.43. The molecule has 2 fully saturated rings. The molecule has 8 heteroatoms. The lowest BCUT2D eigenvalue weighted by Crippen LogP contribution is -2.73. The van der Waals surface area contributed by atoms with Gasteiger partial charge in [0.2, 0.25) is 5.91 Å². The molecule has 0 radical (unpaired) electrons. The number of nitrogens with one attached hydrogen (secondary N) is 1. The molecule has 0 aliphatic carbocycles. The number of halogens is 2. The Morgan fingerprint density at radius 1 is 1.21 bits per heavy atom. The van der Waals surface area contributed by atoms with Gasteiger partial charge >= 0.3 is 6.03 Å². The predicted molar refractivity (Wildman–Crippen MR) is 124 cm³/mol. The van der Waals surface area contributed by atoms with Crippen LogP contribution in [0, 0.1) is 29.4 Å². The maximum Gasteiger partial charge on any atom is 0.322 e. The van der Waals surface area contributed by atoms with Crippen molar-refractivity contribution in [2.45, 2.75) is 38.3 Å². The number of fused-ring (bicyclic) bond motifs is 1. The first-order chi connectivity index (χ1) is 16.3. The van der Waals surface area contributed by atoms with Crippen LogP contribution in [0.25, 0.3) is 0 Å². The van der Waals surface area contributed by atoms with Gasteiger partial charge in [-0.05, 0) is 35.7 Å². The molecule has 34 heavy (non-hydrogen) atoms. The molecule has 4 rings (SSSR count). The van der Waals surface area contributed by atoms with Crippen molar-refractivity contribution in [2.75, 3.05) is 25.0 Å². The van der Waals surface area contributed by atoms with Crippen LogP contribution in [0.2, 0.25) is 0 Å². The number of hydrogen-bond donors (Lipinski definition) is 2. The van der Waals surface area contributed by atoms with Gasteiger partial charge in [0.25, 0.3) is 0 Å². The van der Waals surface area contributed by atoms with E-state index in [1.54, 1.807) is 4.90 Å². The highest BCUT2D eigenvalue weighted by molar-refractivity contribution is 5.94. The van der Waals surface area contributed by atoms with Crippen LogP contribution in [0.1, 0.15) is 37.3 Å². The summed E-state index contributed by atoms with van der Waals surface area (Å²) in [5.74, 6) is 4.89. The van der Waals surface area contributed by atoms with Gasteiger partial charge in [0.05, 0.1) is 24.4 Å². The van der Waals surface area contributed by atoms with Gasteiger partial charge in [-0.2, -0.15) is 0 Å². The maximum atomic E-state index is 13.9. The molecule has 2 aromatic carbocycles. The van der Waals surface area contributed by atoms with Gasteiger partial charge in [0, 0.05) is 30.5 Å². The van der Waals surface area contributed by atoms with E-state index >= 15 is 0 Å². The number of aliphatic hydroxyl groups excluding tert-OH is 1. The normalized spacial score (nSPS) is 21.5. The van der Waals surface area contributed by atoms with Crippen LogP contribution in [0.4, 0.5) is 19.3 Å². The summed E-state index contributed by atoms with van der Waals surface area (Å²) >= 11 is 0. The van der Waals surface area contributed by atoms with Gasteiger partial charge in [-0.25, -0.2) is 13.6 Å². The minimum atomic E-state index is -0.766. The molecular weight excluding hydrogens is 440 g/mol. The van der Waals surface area contributed by atoms with Crippen LogP contribution < -0.4 is 5.32 Å². The molecule has 6 nitrogen and oxygen atoms in total. The first-order valence-corrected chi connectivity index (χ1v) is 11.3. The summed E-state index contributed by atoms with van der Waals surface area (Å²) in [5, 5.41) is 12.3. The van der Waals surface area contributed by atoms with Crippen LogP contribution in [0.5, 0.6) is 0 Å². The molecule has 2 saturated heterocycles. The van der Waals surface area contributed by atoms with Gasteiger partial charge in [-0.3, -0.25) is 4.79 Å². The lowest BCUT2D eigenvalue weighted by Gasteiger charge is -2.58. The Bertz CT molecular complexity index is 1140. The topological polar surface area (TPSA) is 72.9 Å². The highest BCUT2D eigenvalue weighted by Gasteiger charge is 2.54. The standard InChI is InChI=1S/C26H27F2N3O3/c1-16(2)4-3-5-17-6-8-18(9-7-17)25-22-13-30(14-24(33)31(22)23(25)15-32)26(34)29-21-12-19(27)10-11-20(21)28/h6-12,16,22-23,25,32H,4,13-15H2,1-2H3,(H,29,34)/t22-,23-,25-/m1/s1. The first kappa shape index (κ1) is 23.7. The Labute approximate surface area is 197 Å². The zero-order valence-corrected chi connectivity index (χ0v) is 19.1. The smallest absolute Gasteiger partial charge is 0.322 e. The summed E-state index contributed by atoms with van der Waals surface area (Å²) in [5.41, 5.74) is 1.55. The van der Waals surface area contributed by atoms with E-state index < -0.39 is 17.7 Å². The molecule has 0 unspecified atom stereocenters. The number of anilines is 1. The van der Waals surface area contributed by atoms with E-state index in [0.29, 0.717) is 5.92 Å². The summed E-state index contributed by atoms with van der Waals surface area (Å²) in [6.45, 7) is 4.04. The first-order valence-electron chi connectivity index (χ1n) is 11.3. The van der Waals surface area contributed by atoms with Gasteiger partial charge in [0.1, 0.15) is 18.2 Å². The Hall–Kier alpha value is -3.44. The van der Waals surface area contributed by atoms with Crippen molar-refractivity contribution < 1.29 is 23.5 Å². The highest BCUT2D eigenvalue weighted by atomic mass is 19.1. The van der Waals surface area contributed by atoms with Crippen molar-refractivity contribution in [1.29, 1.82) is 0 Å². The Morgan fingerprint density at radius 2 is 1.94 bits per heavy atom. The molecule has 2 heterocycles. The molecule has 0 spiro atoms. The number of carbonyl (C=O) groups is 2. The summed E-state index contributed by atoms with van der Waals surface area (Å²) in [4.78, 5) is 28.4. The summed E-state index contributed by atoms with van der Waals surface area (Å²) in [6.07, 6.45) is 0.813. The van der Waals surface area contributed by atoms with Gasteiger partial charge in [-0.1, -0.05) is 37.8 Å². The van der Waals surface area contributed by atoms with E-state index in [1.807, 2.05) is 24.3 Å². The van der Waals surface area contributed by atoms with Gasteiger partial charge in [0.15, 0.2) is 0 Å². The monoisotopic (exact) mass is 467 g/mol. The van der Waals surface area contributed by atoms with Crippen LogP contribution in [0.15, 0.2) is 42.5 Å². The number of carbonyl (C=O) groups excluding carboxylic acids is 2. The van der Waals surface area contributed by atoms with Crippen LogP contribution >= 0.6 is 0 Å². The van der Waals surface area contributed by atoms with E-state index in [1.165, 1.54) is 4.90 Å². The van der Waals surface area contributed by atoms with E-state index in [4.69, 9.17) is 0 Å². The predicted octanol–water partition coefficient (Wildman–Crippen LogP) is 3.57. The fourth-order valence-electron chi connectivity index (χ4n) is 4.59. The Balaban J connectivity index is 1.49. The number of aliphatic hydroxyl groups is 1. The van der Waals surface area contributed by atoms with Crippen LogP contribution in [-0.4, -0.2) is 58.6 Å². The minimum Gasteiger partial charge on any atom is -0.394 e. The second kappa shape index (κ2) is 9.82. The minimum absolute atomic E-state index is 0.159. The summed E-state index contributed by atoms with van der Waals surface area (Å²) < 4.78 is 27.4. The number of rotatable bonds is 4. The van der Waals surface area contributed by atoms with Crippen LogP contribution in [-0.2, 0) is 4.79 Å². The quantitative estimate of drug-likeness (QED) is 0.676. The van der Waals surface area contributed by atoms with Crippen molar-refractivity contribution in [1.82, 2.24) is 9.80 Å². The number of hydrogen-bond acceptors (Lipinski definition) is 3. The summed E-state index contributed by atoms with van der Waals surface area (Å²) in [6, 6.07) is 9.13. The molecular formula is C26H27F2N3O3. The number of amides is 3. The van der Waals surface area contributed by atoms with Crippen molar-refractivity contribution in [2.24, 2.45) is 5.92 Å². The Morgan fingerprint density at radius 3 is 2.62 bits per heavy atom. The number of urea groups is 1. The fraction of sp³-hybridized carbons (Fsp3) is 0.385. The second-order valence-corrected chi connectivity index (χ2v) is 9.10. The third-order valence-corrected chi connectivity index (χ3v) is 6.25. The maximum absolute atomic E-state index is 13.9. The van der Waals surface area contributed by atoms with E-state index in [2.05, 4.69) is 31.0 Å². The van der Waals surface area contributed by atoms with Gasteiger partial charge < -0.3 is 20.2 Å². The van der Waals surface area contributed by atoms with Crippen molar-refractivity contribution in [3.8, 4) is 11.8 Å². The fourth-order valence-corrected chi connectivity index (χ4v) is 4.59. The van der Waals surface area contributed by atoms with Crippen molar-refractivity contribution in [3.63, 3.8) is 0 Å². The lowest BCUT2D eigenvalue weighted by molar-refractivity contribution is -0.159. The zero-order valence-electron chi connectivity index (χ0n) is 19.1. The van der Waals surface area contributed by atoms with Crippen molar-refractivity contribution in [3.05, 3.63) is 65.2 Å². The SMILES string of the molecule is CC(C)CC#Cc1ccc([C@H]2[C@@H](CO)N3C(=O)CN(C(=O)Nc4cc(F)ccc4F)C[C@H]23)cc1. The van der Waals surface area contributed by atoms with E-state index in [-0.39, 0.29) is 49.3 Å². The second-order valence-electron chi connectivity index (χ2n) is 9.10. The molecule has 2 aromatic rings. The molecule has 0 bridgehead atoms. The average Bonchev–Trinajstić information content (AvgIpc) is 2.78. The number of benzene rings is 2. The average molecular weight is 468 g/mol. The Kier molecular flexibility index (Phi) is 6.85. The molecule has 0 aromatic heterocycles. The molecule has 0 saturated carbocycles.